The van der Waals surface area contributed by atoms with Crippen molar-refractivity contribution in [2.45, 2.75) is 44.3 Å². The van der Waals surface area contributed by atoms with Crippen LogP contribution in [0.1, 0.15) is 52.0 Å². The third-order valence-electron chi connectivity index (χ3n) is 7.60. The molecule has 0 saturated carbocycles. The van der Waals surface area contributed by atoms with Crippen LogP contribution in [-0.4, -0.2) is 51.6 Å². The van der Waals surface area contributed by atoms with Crippen LogP contribution in [0.4, 0.5) is 4.79 Å². The first-order valence-electron chi connectivity index (χ1n) is 14.6. The Kier molecular flexibility index (Phi) is 9.55. The monoisotopic (exact) mass is 607 g/mol. The molecule has 0 fully saturated rings. The third kappa shape index (κ3) is 6.43. The lowest BCUT2D eigenvalue weighted by molar-refractivity contribution is -0.142. The van der Waals surface area contributed by atoms with E-state index in [2.05, 4.69) is 65.1 Å². The highest BCUT2D eigenvalue weighted by atomic mass is 32.1. The van der Waals surface area contributed by atoms with Crippen molar-refractivity contribution < 1.29 is 14.3 Å². The Hall–Kier alpha value is -4.76. The molecule has 226 valence electrons. The quantitative estimate of drug-likeness (QED) is 0.142. The number of nitrogens with zero attached hydrogens (tertiary/aromatic N) is 4. The van der Waals surface area contributed by atoms with Gasteiger partial charge in [0.25, 0.3) is 0 Å². The van der Waals surface area contributed by atoms with E-state index in [0.29, 0.717) is 18.2 Å². The molecule has 0 bridgehead atoms. The van der Waals surface area contributed by atoms with Crippen LogP contribution in [0.5, 0.6) is 0 Å². The van der Waals surface area contributed by atoms with Gasteiger partial charge in [0, 0.05) is 36.7 Å². The summed E-state index contributed by atoms with van der Waals surface area (Å²) in [6.45, 7) is 4.56. The molecule has 5 aromatic rings. The van der Waals surface area contributed by atoms with Crippen molar-refractivity contribution in [1.82, 2.24) is 24.8 Å². The van der Waals surface area contributed by atoms with Crippen LogP contribution in [0.3, 0.4) is 0 Å². The van der Waals surface area contributed by atoms with Crippen LogP contribution >= 0.6 is 11.3 Å². The van der Waals surface area contributed by atoms with Crippen LogP contribution in [-0.2, 0) is 28.0 Å². The number of hydrogen-bond acceptors (Lipinski definition) is 6. The van der Waals surface area contributed by atoms with Crippen molar-refractivity contribution in [2.75, 3.05) is 14.2 Å². The van der Waals surface area contributed by atoms with Gasteiger partial charge in [0.2, 0.25) is 0 Å². The van der Waals surface area contributed by atoms with Gasteiger partial charge in [-0.15, -0.1) is 11.3 Å². The second-order valence-corrected chi connectivity index (χ2v) is 12.1. The molecule has 0 radical (unpaired) electrons. The number of hydrogen-bond donors (Lipinski definition) is 1. The Morgan fingerprint density at radius 3 is 1.93 bits per heavy atom. The smallest absolute Gasteiger partial charge is 0.328 e. The summed E-state index contributed by atoms with van der Waals surface area (Å²) in [6.07, 6.45) is 5.70. The van der Waals surface area contributed by atoms with E-state index in [1.54, 1.807) is 30.9 Å². The van der Waals surface area contributed by atoms with E-state index >= 15 is 0 Å². The highest BCUT2D eigenvalue weighted by molar-refractivity contribution is 7.11. The van der Waals surface area contributed by atoms with Crippen LogP contribution in [0.25, 0.3) is 0 Å². The van der Waals surface area contributed by atoms with E-state index in [4.69, 9.17) is 9.72 Å². The number of ether oxygens (including phenoxy) is 1. The zero-order chi connectivity index (χ0) is 31.1. The molecule has 2 heterocycles. The van der Waals surface area contributed by atoms with Gasteiger partial charge < -0.3 is 19.5 Å². The van der Waals surface area contributed by atoms with Gasteiger partial charge in [-0.2, -0.15) is 0 Å². The molecule has 3 aromatic carbocycles. The number of aromatic nitrogens is 3. The number of amides is 2. The molecule has 8 nitrogen and oxygen atoms in total. The van der Waals surface area contributed by atoms with Crippen LogP contribution < -0.4 is 5.32 Å². The average molecular weight is 608 g/mol. The maximum atomic E-state index is 13.2. The summed E-state index contributed by atoms with van der Waals surface area (Å²) < 4.78 is 7.16. The van der Waals surface area contributed by atoms with Crippen molar-refractivity contribution in [3.8, 4) is 0 Å². The van der Waals surface area contributed by atoms with Crippen LogP contribution in [0.15, 0.2) is 110 Å². The first-order valence-corrected chi connectivity index (χ1v) is 15.4. The Balaban J connectivity index is 1.45. The molecule has 2 aromatic heterocycles. The molecule has 0 aliphatic heterocycles. The number of nitrogens with one attached hydrogen (secondary N) is 1. The van der Waals surface area contributed by atoms with Crippen molar-refractivity contribution in [2.24, 2.45) is 0 Å². The van der Waals surface area contributed by atoms with Crippen LogP contribution in [0.2, 0.25) is 0 Å². The first-order chi connectivity index (χ1) is 21.3. The van der Waals surface area contributed by atoms with Crippen molar-refractivity contribution in [3.63, 3.8) is 0 Å². The van der Waals surface area contributed by atoms with Crippen molar-refractivity contribution in [3.05, 3.63) is 142 Å². The molecule has 0 saturated heterocycles. The minimum atomic E-state index is -0.925. The Labute approximate surface area is 262 Å². The normalized spacial score (nSPS) is 12.1. The summed E-state index contributed by atoms with van der Waals surface area (Å²) in [5, 5.41) is 3.88. The number of benzene rings is 3. The summed E-state index contributed by atoms with van der Waals surface area (Å²) >= 11 is 1.58. The maximum Gasteiger partial charge on any atom is 0.328 e. The molecule has 1 atom stereocenters. The summed E-state index contributed by atoms with van der Waals surface area (Å²) in [4.78, 5) is 37.8. The molecular formula is C35H37N5O3S. The number of methoxy groups -OCH3 is 1. The summed E-state index contributed by atoms with van der Waals surface area (Å²) in [6, 6.07) is 29.6. The van der Waals surface area contributed by atoms with E-state index in [1.807, 2.05) is 60.8 Å². The van der Waals surface area contributed by atoms with Gasteiger partial charge in [0.1, 0.15) is 11.6 Å². The second-order valence-electron chi connectivity index (χ2n) is 11.0. The fraction of sp³-hybridized carbons (Fsp3) is 0.257. The number of thiazole rings is 1. The van der Waals surface area contributed by atoms with Gasteiger partial charge in [-0.1, -0.05) is 105 Å². The van der Waals surface area contributed by atoms with E-state index in [0.717, 1.165) is 26.6 Å². The Morgan fingerprint density at radius 2 is 1.45 bits per heavy atom. The van der Waals surface area contributed by atoms with Crippen molar-refractivity contribution >= 4 is 23.3 Å². The number of urea groups is 1. The third-order valence-corrected chi connectivity index (χ3v) is 8.88. The SMILES string of the molecule is COC(=O)[C@H](Cc1cn(C(c2ccccc2)(c2ccccc2)c2ccccc2)cn1)NC(=O)N(C)Cc1cnc(C(C)C)s1. The molecule has 2 amide bonds. The molecular weight excluding hydrogens is 570 g/mol. The lowest BCUT2D eigenvalue weighted by atomic mass is 9.77. The molecule has 5 rings (SSSR count). The largest absolute Gasteiger partial charge is 0.467 e. The zero-order valence-corrected chi connectivity index (χ0v) is 26.2. The van der Waals surface area contributed by atoms with E-state index in [9.17, 15) is 9.59 Å². The molecule has 1 N–H and O–H groups in total. The molecule has 9 heteroatoms. The Morgan fingerprint density at radius 1 is 0.909 bits per heavy atom. The van der Waals surface area contributed by atoms with Crippen LogP contribution in [0, 0.1) is 0 Å². The molecule has 0 spiro atoms. The Bertz CT molecular complexity index is 1570. The van der Waals surface area contributed by atoms with Gasteiger partial charge >= 0.3 is 12.0 Å². The lowest BCUT2D eigenvalue weighted by Gasteiger charge is -2.37. The van der Waals surface area contributed by atoms with Gasteiger partial charge in [0.15, 0.2) is 0 Å². The van der Waals surface area contributed by atoms with E-state index in [-0.39, 0.29) is 12.5 Å². The number of esters is 1. The number of imidazole rings is 1. The maximum absolute atomic E-state index is 13.2. The lowest BCUT2D eigenvalue weighted by Crippen LogP contribution is -2.48. The van der Waals surface area contributed by atoms with Crippen molar-refractivity contribution in [1.29, 1.82) is 0 Å². The fourth-order valence-corrected chi connectivity index (χ4v) is 6.38. The minimum Gasteiger partial charge on any atom is -0.467 e. The van der Waals surface area contributed by atoms with Gasteiger partial charge in [-0.25, -0.2) is 19.6 Å². The molecule has 0 unspecified atom stereocenters. The zero-order valence-electron chi connectivity index (χ0n) is 25.4. The summed E-state index contributed by atoms with van der Waals surface area (Å²) in [7, 11) is 3.01. The number of carbonyl (C=O) groups is 2. The first kappa shape index (κ1) is 30.7. The summed E-state index contributed by atoms with van der Waals surface area (Å²) in [5.41, 5.74) is 3.08. The van der Waals surface area contributed by atoms with E-state index in [1.165, 1.54) is 12.0 Å². The number of carbonyl (C=O) groups excluding carboxylic acids is 2. The molecule has 0 aliphatic rings. The summed E-state index contributed by atoms with van der Waals surface area (Å²) in [5.74, 6) is -0.220. The average Bonchev–Trinajstić information content (AvgIpc) is 3.73. The topological polar surface area (TPSA) is 89.3 Å². The van der Waals surface area contributed by atoms with Gasteiger partial charge in [0.05, 0.1) is 30.7 Å². The second kappa shape index (κ2) is 13.7. The minimum absolute atomic E-state index is 0.158. The highest BCUT2D eigenvalue weighted by Crippen LogP contribution is 2.40. The molecule has 0 aliphatic carbocycles. The predicted octanol–water partition coefficient (Wildman–Crippen LogP) is 6.23. The van der Waals surface area contributed by atoms with Gasteiger partial charge in [-0.3, -0.25) is 0 Å². The van der Waals surface area contributed by atoms with Gasteiger partial charge in [-0.05, 0) is 16.7 Å². The highest BCUT2D eigenvalue weighted by Gasteiger charge is 2.38. The van der Waals surface area contributed by atoms with E-state index < -0.39 is 17.6 Å². The molecule has 44 heavy (non-hydrogen) atoms. The fourth-order valence-electron chi connectivity index (χ4n) is 5.41. The standard InChI is InChI=1S/C35H37N5O3S/c1-25(2)32-36-21-30(44-32)23-39(3)34(42)38-31(33(41)43-4)20-29-22-40(24-37-29)35(26-14-8-5-9-15-26,27-16-10-6-11-17-27)28-18-12-7-13-19-28/h5-19,21-22,24-25,31H,20,23H2,1-4H3,(H,38,42)/t31-/m0/s1. The predicted molar refractivity (Wildman–Crippen MR) is 173 cm³/mol. The number of rotatable bonds is 11.